The summed E-state index contributed by atoms with van der Waals surface area (Å²) in [5.74, 6) is -0.718. The third kappa shape index (κ3) is 4.20. The number of methoxy groups -OCH3 is 2. The summed E-state index contributed by atoms with van der Waals surface area (Å²) in [4.78, 5) is 25.3. The number of carbonyl (C=O) groups excluding carboxylic acids is 2. The molecule has 0 bridgehead atoms. The molecule has 1 heterocycles. The molecule has 9 nitrogen and oxygen atoms in total. The van der Waals surface area contributed by atoms with Gasteiger partial charge >= 0.3 is 12.6 Å². The maximum atomic E-state index is 12.9. The zero-order valence-corrected chi connectivity index (χ0v) is 16.8. The van der Waals surface area contributed by atoms with Crippen molar-refractivity contribution in [3.05, 3.63) is 47.5 Å². The number of halogens is 2. The fraction of sp³-hybridized carbons (Fsp3) is 0.250. The molecule has 0 saturated carbocycles. The van der Waals surface area contributed by atoms with Crippen LogP contribution in [0.5, 0.6) is 23.0 Å². The Balaban J connectivity index is 1.85. The number of hydrogen-bond donors (Lipinski definition) is 2. The van der Waals surface area contributed by atoms with Gasteiger partial charge < -0.3 is 24.6 Å². The highest BCUT2D eigenvalue weighted by molar-refractivity contribution is 6.07. The van der Waals surface area contributed by atoms with Crippen LogP contribution in [0.25, 0.3) is 0 Å². The van der Waals surface area contributed by atoms with Gasteiger partial charge in [-0.3, -0.25) is 4.79 Å². The van der Waals surface area contributed by atoms with Crippen molar-refractivity contribution in [1.82, 2.24) is 10.3 Å². The lowest BCUT2D eigenvalue weighted by molar-refractivity contribution is -0.131. The molecular formula is C20H19F2N3O6. The smallest absolute Gasteiger partial charge is 0.387 e. The monoisotopic (exact) mass is 435 g/mol. The van der Waals surface area contributed by atoms with Gasteiger partial charge in [0.05, 0.1) is 20.4 Å². The van der Waals surface area contributed by atoms with Crippen molar-refractivity contribution in [3.63, 3.8) is 0 Å². The first-order chi connectivity index (χ1) is 14.7. The van der Waals surface area contributed by atoms with Crippen molar-refractivity contribution in [3.8, 4) is 23.0 Å². The second kappa shape index (κ2) is 8.46. The number of nitrogens with one attached hydrogen (secondary N) is 1. The van der Waals surface area contributed by atoms with E-state index in [1.165, 1.54) is 63.8 Å². The summed E-state index contributed by atoms with van der Waals surface area (Å²) in [6, 6.07) is 7.47. The Bertz CT molecular complexity index is 1000. The Labute approximate surface area is 175 Å². The second-order valence-electron chi connectivity index (χ2n) is 6.59. The predicted octanol–water partition coefficient (Wildman–Crippen LogP) is 2.81. The van der Waals surface area contributed by atoms with Crippen LogP contribution in [0.4, 0.5) is 13.6 Å². The number of alkyl halides is 2. The van der Waals surface area contributed by atoms with E-state index in [0.717, 1.165) is 0 Å². The number of ether oxygens (including phenoxy) is 3. The van der Waals surface area contributed by atoms with Gasteiger partial charge in [0.1, 0.15) is 11.3 Å². The number of imide groups is 1. The van der Waals surface area contributed by atoms with Gasteiger partial charge in [-0.2, -0.15) is 13.9 Å². The quantitative estimate of drug-likeness (QED) is 0.511. The average molecular weight is 435 g/mol. The molecule has 164 valence electrons. The fourth-order valence-corrected chi connectivity index (χ4v) is 3.01. The highest BCUT2D eigenvalue weighted by atomic mass is 19.3. The molecule has 0 spiro atoms. The number of nitrogens with zero attached hydrogens (tertiary/aromatic N) is 2. The van der Waals surface area contributed by atoms with E-state index < -0.39 is 24.1 Å². The van der Waals surface area contributed by atoms with Crippen LogP contribution in [0, 0.1) is 0 Å². The molecule has 0 unspecified atom stereocenters. The average Bonchev–Trinajstić information content (AvgIpc) is 2.96. The van der Waals surface area contributed by atoms with Crippen LogP contribution in [0.3, 0.4) is 0 Å². The molecule has 1 aliphatic rings. The maximum Gasteiger partial charge on any atom is 0.387 e. The van der Waals surface area contributed by atoms with Crippen LogP contribution in [0.15, 0.2) is 41.5 Å². The number of phenols is 1. The minimum atomic E-state index is -2.98. The first kappa shape index (κ1) is 21.8. The highest BCUT2D eigenvalue weighted by Crippen LogP contribution is 2.37. The molecule has 1 aliphatic heterocycles. The molecule has 0 aliphatic carbocycles. The van der Waals surface area contributed by atoms with Gasteiger partial charge in [-0.05, 0) is 36.8 Å². The lowest BCUT2D eigenvalue weighted by Crippen LogP contribution is -2.40. The standard InChI is InChI=1S/C20H19F2N3O6/c1-20(12-4-6-13(7-5-12)31-18(21)22)17(27)25(19(28)24-20)23-10-11-8-14(29-2)16(26)15(9-11)30-3/h4-10,18,26H,1-3H3,(H,24,28)/b23-10+/t20-/m0/s1. The van der Waals surface area contributed by atoms with Gasteiger partial charge in [-0.15, -0.1) is 5.01 Å². The number of hydrogen-bond acceptors (Lipinski definition) is 7. The summed E-state index contributed by atoms with van der Waals surface area (Å²) >= 11 is 0. The van der Waals surface area contributed by atoms with Crippen molar-refractivity contribution in [2.75, 3.05) is 14.2 Å². The zero-order chi connectivity index (χ0) is 22.8. The molecule has 3 rings (SSSR count). The van der Waals surface area contributed by atoms with Crippen molar-refractivity contribution in [1.29, 1.82) is 0 Å². The van der Waals surface area contributed by atoms with Gasteiger partial charge in [0.2, 0.25) is 5.75 Å². The normalized spacial score (nSPS) is 18.6. The molecule has 3 amide bonds. The topological polar surface area (TPSA) is 110 Å². The predicted molar refractivity (Wildman–Crippen MR) is 105 cm³/mol. The van der Waals surface area contributed by atoms with Crippen molar-refractivity contribution in [2.45, 2.75) is 19.1 Å². The zero-order valence-electron chi connectivity index (χ0n) is 16.8. The van der Waals surface area contributed by atoms with E-state index in [4.69, 9.17) is 9.47 Å². The first-order valence-corrected chi connectivity index (χ1v) is 8.90. The van der Waals surface area contributed by atoms with E-state index >= 15 is 0 Å². The van der Waals surface area contributed by atoms with Crippen molar-refractivity contribution >= 4 is 18.2 Å². The van der Waals surface area contributed by atoms with Crippen LogP contribution in [0.2, 0.25) is 0 Å². The Morgan fingerprint density at radius 3 is 2.23 bits per heavy atom. The summed E-state index contributed by atoms with van der Waals surface area (Å²) in [6.45, 7) is -1.51. The molecule has 1 atom stereocenters. The molecule has 2 aromatic rings. The van der Waals surface area contributed by atoms with E-state index in [-0.39, 0.29) is 23.0 Å². The fourth-order valence-electron chi connectivity index (χ4n) is 3.01. The molecular weight excluding hydrogens is 416 g/mol. The Hall–Kier alpha value is -3.89. The second-order valence-corrected chi connectivity index (χ2v) is 6.59. The summed E-state index contributed by atoms with van der Waals surface area (Å²) in [7, 11) is 2.71. The summed E-state index contributed by atoms with van der Waals surface area (Å²) < 4.78 is 39.0. The van der Waals surface area contributed by atoms with Crippen LogP contribution >= 0.6 is 0 Å². The van der Waals surface area contributed by atoms with E-state index in [0.29, 0.717) is 16.1 Å². The number of aromatic hydroxyl groups is 1. The number of hydrazone groups is 1. The SMILES string of the molecule is COc1cc(/C=N/N2C(=O)N[C@@](C)(c3ccc(OC(F)F)cc3)C2=O)cc(OC)c1O. The third-order valence-corrected chi connectivity index (χ3v) is 4.65. The minimum Gasteiger partial charge on any atom is -0.502 e. The minimum absolute atomic E-state index is 0.0794. The lowest BCUT2D eigenvalue weighted by atomic mass is 9.92. The van der Waals surface area contributed by atoms with Crippen LogP contribution < -0.4 is 19.5 Å². The van der Waals surface area contributed by atoms with Gasteiger partial charge in [-0.1, -0.05) is 12.1 Å². The number of benzene rings is 2. The van der Waals surface area contributed by atoms with E-state index in [2.05, 4.69) is 15.2 Å². The summed E-state index contributed by atoms with van der Waals surface area (Å²) in [6.07, 6.45) is 1.23. The van der Waals surface area contributed by atoms with Crippen molar-refractivity contribution in [2.24, 2.45) is 5.10 Å². The number of amides is 3. The molecule has 0 radical (unpaired) electrons. The van der Waals surface area contributed by atoms with Crippen molar-refractivity contribution < 1.29 is 37.7 Å². The summed E-state index contributed by atoms with van der Waals surface area (Å²) in [5.41, 5.74) is -0.699. The van der Waals surface area contributed by atoms with Gasteiger partial charge in [0.15, 0.2) is 11.5 Å². The van der Waals surface area contributed by atoms with Crippen LogP contribution in [-0.2, 0) is 10.3 Å². The number of phenolic OH excluding ortho intramolecular Hbond substituents is 1. The maximum absolute atomic E-state index is 12.9. The molecule has 2 N–H and O–H groups in total. The van der Waals surface area contributed by atoms with Crippen LogP contribution in [0.1, 0.15) is 18.1 Å². The highest BCUT2D eigenvalue weighted by Gasteiger charge is 2.49. The number of carbonyl (C=O) groups is 2. The number of rotatable bonds is 7. The Morgan fingerprint density at radius 1 is 1.13 bits per heavy atom. The Morgan fingerprint density at radius 2 is 1.71 bits per heavy atom. The molecule has 1 fully saturated rings. The van der Waals surface area contributed by atoms with Gasteiger partial charge in [0, 0.05) is 5.56 Å². The van der Waals surface area contributed by atoms with E-state index in [9.17, 15) is 23.5 Å². The van der Waals surface area contributed by atoms with E-state index in [1.54, 1.807) is 0 Å². The largest absolute Gasteiger partial charge is 0.502 e. The van der Waals surface area contributed by atoms with Gasteiger partial charge in [-0.25, -0.2) is 4.79 Å². The van der Waals surface area contributed by atoms with Crippen LogP contribution in [-0.4, -0.2) is 49.1 Å². The Kier molecular flexibility index (Phi) is 5.95. The molecule has 11 heteroatoms. The third-order valence-electron chi connectivity index (χ3n) is 4.65. The van der Waals surface area contributed by atoms with E-state index in [1.807, 2.05) is 0 Å². The first-order valence-electron chi connectivity index (χ1n) is 8.90. The molecule has 0 aromatic heterocycles. The summed E-state index contributed by atoms with van der Waals surface area (Å²) in [5, 5.41) is 17.1. The number of urea groups is 1. The lowest BCUT2D eigenvalue weighted by Gasteiger charge is -2.21. The molecule has 2 aromatic carbocycles. The molecule has 31 heavy (non-hydrogen) atoms. The molecule has 1 saturated heterocycles. The van der Waals surface area contributed by atoms with Gasteiger partial charge in [0.25, 0.3) is 5.91 Å².